The van der Waals surface area contributed by atoms with Crippen LogP contribution in [0.15, 0.2) is 41.4 Å². The van der Waals surface area contributed by atoms with Crippen LogP contribution >= 0.6 is 11.8 Å². The van der Waals surface area contributed by atoms with E-state index in [1.54, 1.807) is 11.0 Å². The lowest BCUT2D eigenvalue weighted by Crippen LogP contribution is -2.40. The fourth-order valence-corrected chi connectivity index (χ4v) is 4.52. The molecule has 4 rings (SSSR count). The largest absolute Gasteiger partial charge is 0.341 e. The number of nitrogens with zero attached hydrogens (tertiary/aromatic N) is 3. The standard InChI is InChI=1S/C22H23N3O3S/c1-15-7-5-9-18(16(15)2)24-12-6-8-17(24)13-19-21(27)25(22(28)29-19)14-20(26)23-10-3-4-11-23/h5-9,12-13H,3-4,10-11,14H2,1-2H3/b19-13+. The van der Waals surface area contributed by atoms with E-state index in [2.05, 4.69) is 19.9 Å². The first-order valence-electron chi connectivity index (χ1n) is 9.73. The number of aromatic nitrogens is 1. The molecule has 0 radical (unpaired) electrons. The minimum atomic E-state index is -0.402. The van der Waals surface area contributed by atoms with E-state index in [0.717, 1.165) is 46.4 Å². The van der Waals surface area contributed by atoms with Gasteiger partial charge in [0.25, 0.3) is 11.1 Å². The number of hydrogen-bond acceptors (Lipinski definition) is 4. The van der Waals surface area contributed by atoms with Crippen LogP contribution in [0.2, 0.25) is 0 Å². The van der Waals surface area contributed by atoms with Gasteiger partial charge in [-0.1, -0.05) is 12.1 Å². The van der Waals surface area contributed by atoms with Crippen LogP contribution in [0, 0.1) is 13.8 Å². The van der Waals surface area contributed by atoms with Gasteiger partial charge in [0.2, 0.25) is 5.91 Å². The predicted molar refractivity (Wildman–Crippen MR) is 114 cm³/mol. The summed E-state index contributed by atoms with van der Waals surface area (Å²) in [6.07, 6.45) is 5.62. The van der Waals surface area contributed by atoms with E-state index in [9.17, 15) is 14.4 Å². The van der Waals surface area contributed by atoms with E-state index in [0.29, 0.717) is 18.0 Å². The topological polar surface area (TPSA) is 62.6 Å². The second-order valence-corrected chi connectivity index (χ2v) is 8.37. The lowest BCUT2D eigenvalue weighted by atomic mass is 10.1. The molecule has 2 aliphatic heterocycles. The van der Waals surface area contributed by atoms with Gasteiger partial charge in [-0.05, 0) is 73.9 Å². The number of aryl methyl sites for hydroxylation is 1. The summed E-state index contributed by atoms with van der Waals surface area (Å²) < 4.78 is 2.01. The van der Waals surface area contributed by atoms with Gasteiger partial charge in [-0.15, -0.1) is 0 Å². The minimum Gasteiger partial charge on any atom is -0.341 e. The van der Waals surface area contributed by atoms with Crippen molar-refractivity contribution in [2.24, 2.45) is 0 Å². The van der Waals surface area contributed by atoms with Crippen molar-refractivity contribution < 1.29 is 14.4 Å². The van der Waals surface area contributed by atoms with Crippen molar-refractivity contribution in [1.82, 2.24) is 14.4 Å². The molecule has 150 valence electrons. The Morgan fingerprint density at radius 3 is 2.62 bits per heavy atom. The predicted octanol–water partition coefficient (Wildman–Crippen LogP) is 3.75. The molecule has 2 aliphatic rings. The van der Waals surface area contributed by atoms with Crippen LogP contribution in [0.5, 0.6) is 0 Å². The van der Waals surface area contributed by atoms with Gasteiger partial charge in [0, 0.05) is 30.7 Å². The Morgan fingerprint density at radius 2 is 1.86 bits per heavy atom. The molecule has 1 aromatic heterocycles. The highest BCUT2D eigenvalue weighted by Gasteiger charge is 2.37. The number of carbonyl (C=O) groups is 3. The van der Waals surface area contributed by atoms with Crippen LogP contribution in [0.1, 0.15) is 29.7 Å². The smallest absolute Gasteiger partial charge is 0.294 e. The zero-order valence-corrected chi connectivity index (χ0v) is 17.4. The second kappa shape index (κ2) is 7.91. The highest BCUT2D eigenvalue weighted by atomic mass is 32.2. The molecule has 7 heteroatoms. The van der Waals surface area contributed by atoms with Crippen molar-refractivity contribution in [3.63, 3.8) is 0 Å². The van der Waals surface area contributed by atoms with Crippen molar-refractivity contribution in [1.29, 1.82) is 0 Å². The molecule has 1 aromatic carbocycles. The van der Waals surface area contributed by atoms with Gasteiger partial charge in [-0.2, -0.15) is 0 Å². The molecule has 2 aromatic rings. The zero-order valence-electron chi connectivity index (χ0n) is 16.6. The van der Waals surface area contributed by atoms with Gasteiger partial charge in [0.05, 0.1) is 4.91 Å². The van der Waals surface area contributed by atoms with E-state index in [4.69, 9.17) is 0 Å². The Labute approximate surface area is 174 Å². The molecule has 0 aliphatic carbocycles. The van der Waals surface area contributed by atoms with Crippen molar-refractivity contribution in [3.8, 4) is 5.69 Å². The first-order chi connectivity index (χ1) is 14.0. The van der Waals surface area contributed by atoms with Gasteiger partial charge in [-0.25, -0.2) is 0 Å². The average Bonchev–Trinajstić information content (AvgIpc) is 3.43. The van der Waals surface area contributed by atoms with Crippen LogP contribution in [0.25, 0.3) is 11.8 Å². The highest BCUT2D eigenvalue weighted by Crippen LogP contribution is 2.33. The minimum absolute atomic E-state index is 0.162. The molecule has 2 saturated heterocycles. The third kappa shape index (κ3) is 3.74. The highest BCUT2D eigenvalue weighted by molar-refractivity contribution is 8.18. The van der Waals surface area contributed by atoms with Crippen molar-refractivity contribution >= 4 is 34.9 Å². The number of likely N-dealkylation sites (tertiary alicyclic amines) is 1. The van der Waals surface area contributed by atoms with Gasteiger partial charge in [0.1, 0.15) is 6.54 Å². The maximum Gasteiger partial charge on any atom is 0.294 e. The molecule has 0 saturated carbocycles. The molecular weight excluding hydrogens is 386 g/mol. The number of carbonyl (C=O) groups excluding carboxylic acids is 3. The van der Waals surface area contributed by atoms with Crippen LogP contribution in [0.3, 0.4) is 0 Å². The Kier molecular flexibility index (Phi) is 5.32. The fourth-order valence-electron chi connectivity index (χ4n) is 3.70. The zero-order chi connectivity index (χ0) is 20.5. The molecule has 0 N–H and O–H groups in total. The Balaban J connectivity index is 1.58. The van der Waals surface area contributed by atoms with E-state index in [1.807, 2.05) is 35.0 Å². The molecule has 6 nitrogen and oxygen atoms in total. The second-order valence-electron chi connectivity index (χ2n) is 7.38. The summed E-state index contributed by atoms with van der Waals surface area (Å²) in [5.41, 5.74) is 4.19. The van der Waals surface area contributed by atoms with Gasteiger partial charge < -0.3 is 9.47 Å². The Morgan fingerprint density at radius 1 is 1.10 bits per heavy atom. The van der Waals surface area contributed by atoms with E-state index >= 15 is 0 Å². The number of imide groups is 1. The molecule has 0 spiro atoms. The molecule has 0 unspecified atom stereocenters. The van der Waals surface area contributed by atoms with E-state index < -0.39 is 11.1 Å². The van der Waals surface area contributed by atoms with Crippen LogP contribution < -0.4 is 0 Å². The molecule has 0 bridgehead atoms. The monoisotopic (exact) mass is 409 g/mol. The first-order valence-corrected chi connectivity index (χ1v) is 10.5. The van der Waals surface area contributed by atoms with Gasteiger partial charge in [-0.3, -0.25) is 19.3 Å². The molecule has 29 heavy (non-hydrogen) atoms. The Bertz CT molecular complexity index is 1020. The first kappa shape index (κ1) is 19.5. The van der Waals surface area contributed by atoms with E-state index in [1.165, 1.54) is 5.56 Å². The summed E-state index contributed by atoms with van der Waals surface area (Å²) in [7, 11) is 0. The number of hydrogen-bond donors (Lipinski definition) is 0. The van der Waals surface area contributed by atoms with Gasteiger partial charge >= 0.3 is 0 Å². The number of amides is 3. The average molecular weight is 410 g/mol. The lowest BCUT2D eigenvalue weighted by molar-refractivity contribution is -0.135. The third-order valence-electron chi connectivity index (χ3n) is 5.52. The Hall–Kier alpha value is -2.80. The van der Waals surface area contributed by atoms with E-state index in [-0.39, 0.29) is 12.5 Å². The number of benzene rings is 1. The lowest BCUT2D eigenvalue weighted by Gasteiger charge is -2.18. The number of rotatable bonds is 4. The summed E-state index contributed by atoms with van der Waals surface area (Å²) in [6, 6.07) is 9.91. The quantitative estimate of drug-likeness (QED) is 0.722. The summed E-state index contributed by atoms with van der Waals surface area (Å²) in [6.45, 7) is 5.35. The molecule has 3 amide bonds. The van der Waals surface area contributed by atoms with Crippen LogP contribution in [-0.2, 0) is 9.59 Å². The van der Waals surface area contributed by atoms with Crippen LogP contribution in [-0.4, -0.2) is 51.1 Å². The molecule has 2 fully saturated rings. The summed E-state index contributed by atoms with van der Waals surface area (Å²) in [5.74, 6) is -0.564. The molecular formula is C22H23N3O3S. The SMILES string of the molecule is Cc1cccc(-n2cccc2/C=C2/SC(=O)N(CC(=O)N3CCCC3)C2=O)c1C. The normalized spacial score (nSPS) is 18.3. The summed E-state index contributed by atoms with van der Waals surface area (Å²) >= 11 is 0.890. The maximum atomic E-state index is 12.8. The maximum absolute atomic E-state index is 12.8. The third-order valence-corrected chi connectivity index (χ3v) is 6.43. The number of thioether (sulfide) groups is 1. The summed E-state index contributed by atoms with van der Waals surface area (Å²) in [5, 5.41) is -0.390. The molecule has 3 heterocycles. The van der Waals surface area contributed by atoms with Crippen molar-refractivity contribution in [2.75, 3.05) is 19.6 Å². The van der Waals surface area contributed by atoms with Crippen molar-refractivity contribution in [2.45, 2.75) is 26.7 Å². The fraction of sp³-hybridized carbons (Fsp3) is 0.318. The molecule has 0 atom stereocenters. The van der Waals surface area contributed by atoms with Crippen LogP contribution in [0.4, 0.5) is 4.79 Å². The summed E-state index contributed by atoms with van der Waals surface area (Å²) in [4.78, 5) is 40.7. The van der Waals surface area contributed by atoms with Crippen molar-refractivity contribution in [3.05, 3.63) is 58.3 Å². The van der Waals surface area contributed by atoms with Gasteiger partial charge in [0.15, 0.2) is 0 Å².